The fourth-order valence-electron chi connectivity index (χ4n) is 12.7. The second-order valence-electron chi connectivity index (χ2n) is 19.2. The van der Waals surface area contributed by atoms with Crippen LogP contribution in [0.1, 0.15) is 49.9 Å². The molecule has 4 aliphatic rings. The summed E-state index contributed by atoms with van der Waals surface area (Å²) in [7, 11) is 0. The Morgan fingerprint density at radius 2 is 1.11 bits per heavy atom. The summed E-state index contributed by atoms with van der Waals surface area (Å²) in [6.45, 7) is 9.58. The largest absolute Gasteiger partial charge is 0.375 e. The van der Waals surface area contributed by atoms with Crippen LogP contribution in [0.5, 0.6) is 0 Å². The van der Waals surface area contributed by atoms with Crippen molar-refractivity contribution in [2.45, 2.75) is 38.5 Å². The molecule has 2 aromatic heterocycles. The number of anilines is 3. The first kappa shape index (κ1) is 33.8. The van der Waals surface area contributed by atoms with E-state index in [4.69, 9.17) is 0 Å². The maximum atomic E-state index is 2.75. The van der Waals surface area contributed by atoms with Gasteiger partial charge in [-0.1, -0.05) is 149 Å². The van der Waals surface area contributed by atoms with Gasteiger partial charge in [0.1, 0.15) is 0 Å². The Morgan fingerprint density at radius 3 is 1.92 bits per heavy atom. The smallest absolute Gasteiger partial charge is 0.333 e. The number of thiophene rings is 1. The maximum absolute atomic E-state index is 2.75. The van der Waals surface area contributed by atoms with Gasteiger partial charge in [0.15, 0.2) is 0 Å². The van der Waals surface area contributed by atoms with Gasteiger partial charge in [-0.15, -0.1) is 11.3 Å². The summed E-state index contributed by atoms with van der Waals surface area (Å²) in [6.07, 6.45) is 0. The maximum Gasteiger partial charge on any atom is 0.333 e. The van der Waals surface area contributed by atoms with Crippen molar-refractivity contribution >= 4 is 98.9 Å². The molecule has 4 heteroatoms. The fourth-order valence-corrected chi connectivity index (χ4v) is 13.9. The monoisotopic (exact) mass is 806 g/mol. The first-order chi connectivity index (χ1) is 30.3. The van der Waals surface area contributed by atoms with Crippen LogP contribution in [0.25, 0.3) is 86.1 Å². The number of nitrogens with zero attached hydrogens (tertiary/aromatic N) is 2. The third kappa shape index (κ3) is 3.91. The molecule has 0 spiro atoms. The molecule has 0 atom stereocenters. The van der Waals surface area contributed by atoms with Gasteiger partial charge in [-0.05, 0) is 109 Å². The minimum Gasteiger partial charge on any atom is -0.375 e. The van der Waals surface area contributed by atoms with Crippen LogP contribution in [0.4, 0.5) is 17.1 Å². The molecule has 0 amide bonds. The van der Waals surface area contributed by atoms with Gasteiger partial charge in [0.05, 0.1) is 0 Å². The predicted molar refractivity (Wildman–Crippen MR) is 266 cm³/mol. The molecular weight excluding hydrogens is 768 g/mol. The van der Waals surface area contributed by atoms with Crippen molar-refractivity contribution in [3.63, 3.8) is 0 Å². The molecule has 0 unspecified atom stereocenters. The molecule has 0 saturated heterocycles. The van der Waals surface area contributed by atoms with Crippen molar-refractivity contribution in [1.82, 2.24) is 4.48 Å². The van der Waals surface area contributed by atoms with Crippen LogP contribution in [0, 0.1) is 0 Å². The highest BCUT2D eigenvalue weighted by atomic mass is 32.1. The Kier molecular flexibility index (Phi) is 6.07. The molecule has 15 rings (SSSR count). The van der Waals surface area contributed by atoms with Crippen molar-refractivity contribution in [1.29, 1.82) is 0 Å². The number of hydrogen-bond donors (Lipinski definition) is 0. The summed E-state index contributed by atoms with van der Waals surface area (Å²) in [5.41, 5.74) is 22.6. The average molecular weight is 807 g/mol. The molecule has 9 aromatic carbocycles. The van der Waals surface area contributed by atoms with Crippen LogP contribution >= 0.6 is 11.3 Å². The van der Waals surface area contributed by atoms with Crippen LogP contribution < -0.4 is 15.8 Å². The minimum atomic E-state index is -0.149. The van der Waals surface area contributed by atoms with E-state index in [2.05, 4.69) is 201 Å². The molecule has 2 aliphatic heterocycles. The second-order valence-corrected chi connectivity index (χ2v) is 20.3. The quantitative estimate of drug-likeness (QED) is 0.150. The molecule has 290 valence electrons. The summed E-state index contributed by atoms with van der Waals surface area (Å²) in [6, 6.07) is 63.2. The van der Waals surface area contributed by atoms with E-state index in [1.807, 2.05) is 11.3 Å². The van der Waals surface area contributed by atoms with Crippen LogP contribution in [0.15, 0.2) is 164 Å². The SMILES string of the molecule is CC1(C)c2ccccc2-c2cc(N3c4cc5c(cc4B4c6c3cc3c(sc7ccccc73)c6-c3cccc6c7cc8ccccc8cc7n4c36)C(C)(C)c3ccccc3-5)ccc21. The van der Waals surface area contributed by atoms with Gasteiger partial charge in [0, 0.05) is 81.0 Å². The highest BCUT2D eigenvalue weighted by Crippen LogP contribution is 2.56. The number of fused-ring (bicyclic) bond motifs is 18. The highest BCUT2D eigenvalue weighted by molar-refractivity contribution is 7.26. The summed E-state index contributed by atoms with van der Waals surface area (Å²) >= 11 is 1.96. The van der Waals surface area contributed by atoms with E-state index in [0.717, 1.165) is 0 Å². The normalized spacial score (nSPS) is 15.6. The molecule has 62 heavy (non-hydrogen) atoms. The summed E-state index contributed by atoms with van der Waals surface area (Å²) < 4.78 is 5.46. The first-order valence-electron chi connectivity index (χ1n) is 22.0. The van der Waals surface area contributed by atoms with Gasteiger partial charge in [0.25, 0.3) is 0 Å². The van der Waals surface area contributed by atoms with Crippen molar-refractivity contribution < 1.29 is 0 Å². The van der Waals surface area contributed by atoms with E-state index < -0.39 is 0 Å². The average Bonchev–Trinajstić information content (AvgIpc) is 3.97. The van der Waals surface area contributed by atoms with Crippen molar-refractivity contribution in [2.75, 3.05) is 4.90 Å². The summed E-state index contributed by atoms with van der Waals surface area (Å²) in [5.74, 6) is 0. The Bertz CT molecular complexity index is 3900. The van der Waals surface area contributed by atoms with Crippen molar-refractivity contribution in [3.8, 4) is 33.4 Å². The number of aromatic nitrogens is 1. The number of hydrogen-bond acceptors (Lipinski definition) is 2. The zero-order valence-electron chi connectivity index (χ0n) is 35.0. The Hall–Kier alpha value is -6.88. The molecule has 0 N–H and O–H groups in total. The lowest BCUT2D eigenvalue weighted by Crippen LogP contribution is -2.57. The van der Waals surface area contributed by atoms with Crippen molar-refractivity contribution in [2.24, 2.45) is 0 Å². The first-order valence-corrected chi connectivity index (χ1v) is 22.9. The standard InChI is InChI=1S/C58H39BN2S/c1-57(2)44-21-10-7-16-35(44)40-28-34(24-25-46(40)57)60-50-29-41-36-17-8-11-22-45(36)58(3,4)47(41)31-48(50)59-54-51(60)30-43-37-18-9-12-23-52(37)62-56(43)53(54)39-20-13-19-38-42-26-32-14-5-6-15-33(32)27-49(42)61(59)55(38)39/h5-31H,1-4H3. The number of rotatable bonds is 1. The lowest BCUT2D eigenvalue weighted by Gasteiger charge is -2.41. The van der Waals surface area contributed by atoms with E-state index in [1.165, 1.54) is 136 Å². The van der Waals surface area contributed by atoms with E-state index in [0.29, 0.717) is 0 Å². The van der Waals surface area contributed by atoms with Gasteiger partial charge in [0.2, 0.25) is 0 Å². The Labute approximate surface area is 364 Å². The van der Waals surface area contributed by atoms with Crippen LogP contribution in [0.3, 0.4) is 0 Å². The highest BCUT2D eigenvalue weighted by Gasteiger charge is 2.47. The molecule has 0 fully saturated rings. The minimum absolute atomic E-state index is 0.0455. The van der Waals surface area contributed by atoms with Gasteiger partial charge < -0.3 is 9.38 Å². The third-order valence-corrected chi connectivity index (χ3v) is 16.7. The van der Waals surface area contributed by atoms with Gasteiger partial charge >= 0.3 is 6.85 Å². The zero-order valence-corrected chi connectivity index (χ0v) is 35.8. The molecule has 4 heterocycles. The second kappa shape index (κ2) is 11.1. The Morgan fingerprint density at radius 1 is 0.468 bits per heavy atom. The van der Waals surface area contributed by atoms with Crippen LogP contribution in [-0.4, -0.2) is 11.3 Å². The van der Waals surface area contributed by atoms with Gasteiger partial charge in [-0.3, -0.25) is 0 Å². The van der Waals surface area contributed by atoms with Gasteiger partial charge in [-0.2, -0.15) is 0 Å². The predicted octanol–water partition coefficient (Wildman–Crippen LogP) is 14.3. The lowest BCUT2D eigenvalue weighted by molar-refractivity contribution is 0.660. The van der Waals surface area contributed by atoms with Crippen LogP contribution in [0.2, 0.25) is 0 Å². The molecule has 2 nitrogen and oxygen atoms in total. The number of benzene rings is 9. The van der Waals surface area contributed by atoms with E-state index >= 15 is 0 Å². The van der Waals surface area contributed by atoms with Gasteiger partial charge in [-0.25, -0.2) is 0 Å². The molecular formula is C58H39BN2S. The van der Waals surface area contributed by atoms with E-state index in [-0.39, 0.29) is 17.7 Å². The number of para-hydroxylation sites is 1. The lowest BCUT2D eigenvalue weighted by atomic mass is 9.44. The topological polar surface area (TPSA) is 8.17 Å². The zero-order chi connectivity index (χ0) is 41.0. The molecule has 2 aliphatic carbocycles. The molecule has 0 saturated carbocycles. The molecule has 0 radical (unpaired) electrons. The van der Waals surface area contributed by atoms with Crippen molar-refractivity contribution in [3.05, 3.63) is 186 Å². The fraction of sp³-hybridized carbons (Fsp3) is 0.103. The summed E-state index contributed by atoms with van der Waals surface area (Å²) in [5, 5.41) is 7.86. The third-order valence-electron chi connectivity index (χ3n) is 15.5. The molecule has 0 bridgehead atoms. The van der Waals surface area contributed by atoms with E-state index in [9.17, 15) is 0 Å². The molecule has 11 aromatic rings. The van der Waals surface area contributed by atoms with Crippen LogP contribution in [-0.2, 0) is 10.8 Å². The summed E-state index contributed by atoms with van der Waals surface area (Å²) in [4.78, 5) is 2.66. The van der Waals surface area contributed by atoms with E-state index in [1.54, 1.807) is 0 Å². The Balaban J connectivity index is 1.14.